The Labute approximate surface area is 199 Å². The van der Waals surface area contributed by atoms with E-state index in [4.69, 9.17) is 17.3 Å². The molecule has 1 unspecified atom stereocenters. The van der Waals surface area contributed by atoms with E-state index in [1.54, 1.807) is 54.7 Å². The molecule has 0 aliphatic rings. The van der Waals surface area contributed by atoms with Gasteiger partial charge in [-0.15, -0.1) is 0 Å². The van der Waals surface area contributed by atoms with Crippen molar-refractivity contribution < 1.29 is 14.7 Å². The van der Waals surface area contributed by atoms with Crippen molar-refractivity contribution in [1.82, 2.24) is 20.3 Å². The number of aromatic amines is 2. The van der Waals surface area contributed by atoms with Crippen LogP contribution in [0.1, 0.15) is 39.9 Å². The van der Waals surface area contributed by atoms with Crippen LogP contribution in [0.2, 0.25) is 5.02 Å². The molecule has 2 aromatic heterocycles. The predicted octanol–water partition coefficient (Wildman–Crippen LogP) is 3.06. The van der Waals surface area contributed by atoms with Crippen molar-refractivity contribution in [2.45, 2.75) is 25.3 Å². The topological polar surface area (TPSA) is 154 Å². The molecule has 2 aromatic carbocycles. The largest absolute Gasteiger partial charge is 0.480 e. The average Bonchev–Trinajstić information content (AvgIpc) is 3.23. The lowest BCUT2D eigenvalue weighted by Crippen LogP contribution is -2.42. The molecule has 6 N–H and O–H groups in total. The first-order valence-corrected chi connectivity index (χ1v) is 10.9. The minimum absolute atomic E-state index is 0.0321. The first-order chi connectivity index (χ1) is 16.2. The Bertz CT molecular complexity index is 1410. The van der Waals surface area contributed by atoms with Crippen molar-refractivity contribution in [3.8, 4) is 0 Å². The van der Waals surface area contributed by atoms with Crippen LogP contribution in [0.25, 0.3) is 11.0 Å². The number of carbonyl (C=O) groups excluding carboxylic acids is 1. The maximum absolute atomic E-state index is 12.7. The van der Waals surface area contributed by atoms with Gasteiger partial charge in [0.25, 0.3) is 11.5 Å². The maximum Gasteiger partial charge on any atom is 0.326 e. The number of carbonyl (C=O) groups is 2. The summed E-state index contributed by atoms with van der Waals surface area (Å²) in [5, 5.41) is 13.1. The van der Waals surface area contributed by atoms with E-state index >= 15 is 0 Å². The Kier molecular flexibility index (Phi) is 6.38. The van der Waals surface area contributed by atoms with Crippen LogP contribution >= 0.6 is 11.6 Å². The lowest BCUT2D eigenvalue weighted by Gasteiger charge is -2.16. The number of hydrogen-bond donors (Lipinski definition) is 5. The van der Waals surface area contributed by atoms with Gasteiger partial charge in [0.05, 0.1) is 5.39 Å². The zero-order valence-corrected chi connectivity index (χ0v) is 18.9. The molecule has 0 spiro atoms. The highest BCUT2D eigenvalue weighted by Gasteiger charge is 2.22. The normalized spacial score (nSPS) is 12.9. The average molecular weight is 480 g/mol. The minimum Gasteiger partial charge on any atom is -0.480 e. The summed E-state index contributed by atoms with van der Waals surface area (Å²) in [6.07, 6.45) is 1.84. The number of nitrogens with one attached hydrogen (secondary N) is 3. The van der Waals surface area contributed by atoms with Gasteiger partial charge in [0.1, 0.15) is 11.7 Å². The van der Waals surface area contributed by atoms with Gasteiger partial charge in [0.2, 0.25) is 5.95 Å². The van der Waals surface area contributed by atoms with Gasteiger partial charge in [-0.05, 0) is 41.0 Å². The minimum atomic E-state index is -1.13. The van der Waals surface area contributed by atoms with Gasteiger partial charge >= 0.3 is 5.97 Å². The monoisotopic (exact) mass is 479 g/mol. The number of nitrogen functional groups attached to an aromatic ring is 1. The van der Waals surface area contributed by atoms with Gasteiger partial charge in [0.15, 0.2) is 0 Å². The summed E-state index contributed by atoms with van der Waals surface area (Å²) in [6.45, 7) is 1.93. The summed E-state index contributed by atoms with van der Waals surface area (Å²) in [4.78, 5) is 46.3. The van der Waals surface area contributed by atoms with Crippen molar-refractivity contribution >= 4 is 40.5 Å². The molecular weight excluding hydrogens is 458 g/mol. The van der Waals surface area contributed by atoms with Crippen molar-refractivity contribution in [3.05, 3.63) is 92.4 Å². The molecule has 4 aromatic rings. The first-order valence-electron chi connectivity index (χ1n) is 10.5. The molecule has 174 valence electrons. The van der Waals surface area contributed by atoms with E-state index in [0.29, 0.717) is 21.6 Å². The number of nitrogens with two attached hydrogens (primary N) is 1. The highest BCUT2D eigenvalue weighted by molar-refractivity contribution is 6.30. The number of benzene rings is 2. The zero-order valence-electron chi connectivity index (χ0n) is 18.1. The van der Waals surface area contributed by atoms with Crippen LogP contribution < -0.4 is 16.6 Å². The molecule has 9 nitrogen and oxygen atoms in total. The lowest BCUT2D eigenvalue weighted by atomic mass is 9.93. The van der Waals surface area contributed by atoms with E-state index in [2.05, 4.69) is 20.3 Å². The number of anilines is 1. The van der Waals surface area contributed by atoms with Crippen LogP contribution in [-0.2, 0) is 11.2 Å². The third-order valence-corrected chi connectivity index (χ3v) is 5.94. The van der Waals surface area contributed by atoms with Gasteiger partial charge in [0, 0.05) is 29.1 Å². The number of carboxylic acid groups (broad SMARTS) is 1. The van der Waals surface area contributed by atoms with Gasteiger partial charge in [-0.3, -0.25) is 14.6 Å². The highest BCUT2D eigenvalue weighted by Crippen LogP contribution is 2.28. The third kappa shape index (κ3) is 4.79. The van der Waals surface area contributed by atoms with Crippen LogP contribution in [0.3, 0.4) is 0 Å². The molecule has 0 bridgehead atoms. The summed E-state index contributed by atoms with van der Waals surface area (Å²) in [7, 11) is 0. The van der Waals surface area contributed by atoms with Crippen molar-refractivity contribution in [3.63, 3.8) is 0 Å². The van der Waals surface area contributed by atoms with Gasteiger partial charge in [-0.25, -0.2) is 4.79 Å². The first kappa shape index (κ1) is 23.1. The number of rotatable bonds is 7. The van der Waals surface area contributed by atoms with E-state index in [0.717, 1.165) is 16.7 Å². The summed E-state index contributed by atoms with van der Waals surface area (Å²) >= 11 is 5.87. The molecule has 0 aliphatic carbocycles. The van der Waals surface area contributed by atoms with E-state index in [-0.39, 0.29) is 23.8 Å². The molecule has 0 aliphatic heterocycles. The van der Waals surface area contributed by atoms with E-state index in [9.17, 15) is 19.5 Å². The maximum atomic E-state index is 12.7. The van der Waals surface area contributed by atoms with Crippen LogP contribution in [0.4, 0.5) is 5.95 Å². The summed E-state index contributed by atoms with van der Waals surface area (Å²) in [5.41, 5.74) is 8.35. The number of aromatic nitrogens is 3. The number of carboxylic acids is 1. The van der Waals surface area contributed by atoms with E-state index < -0.39 is 17.9 Å². The molecule has 4 rings (SSSR count). The number of nitrogens with zero attached hydrogens (tertiary/aromatic N) is 1. The molecule has 0 saturated heterocycles. The zero-order chi connectivity index (χ0) is 24.4. The fourth-order valence-electron chi connectivity index (χ4n) is 3.82. The Morgan fingerprint density at radius 1 is 1.15 bits per heavy atom. The van der Waals surface area contributed by atoms with Gasteiger partial charge in [-0.1, -0.05) is 42.8 Å². The summed E-state index contributed by atoms with van der Waals surface area (Å²) < 4.78 is 0. The predicted molar refractivity (Wildman–Crippen MR) is 129 cm³/mol. The van der Waals surface area contributed by atoms with Crippen molar-refractivity contribution in [2.24, 2.45) is 0 Å². The third-order valence-electron chi connectivity index (χ3n) is 5.69. The number of aliphatic carboxylic acids is 1. The number of hydrogen-bond acceptors (Lipinski definition) is 5. The SMILES string of the molecule is CC(c1ccc(C(=O)N[C@@H](Cc2ccc(Cl)cc2)C(=O)O)cc1)c1c[nH]c2nc(N)[nH]c(=O)c12. The Balaban J connectivity index is 1.50. The fraction of sp³-hybridized carbons (Fsp3) is 0.167. The van der Waals surface area contributed by atoms with E-state index in [1.165, 1.54) is 0 Å². The molecular formula is C24H22ClN5O4. The van der Waals surface area contributed by atoms with Gasteiger partial charge < -0.3 is 21.1 Å². The van der Waals surface area contributed by atoms with E-state index in [1.807, 2.05) is 6.92 Å². The Hall–Kier alpha value is -4.11. The summed E-state index contributed by atoms with van der Waals surface area (Å²) in [5.74, 6) is -1.77. The Morgan fingerprint density at radius 3 is 2.47 bits per heavy atom. The second-order valence-corrected chi connectivity index (χ2v) is 8.39. The van der Waals surface area contributed by atoms with Crippen molar-refractivity contribution in [2.75, 3.05) is 5.73 Å². The number of H-pyrrole nitrogens is 2. The van der Waals surface area contributed by atoms with Crippen LogP contribution in [-0.4, -0.2) is 38.0 Å². The Morgan fingerprint density at radius 2 is 1.82 bits per heavy atom. The van der Waals surface area contributed by atoms with Crippen LogP contribution in [0, 0.1) is 0 Å². The molecule has 2 heterocycles. The standard InChI is InChI=1S/C24H22ClN5O4/c1-12(17-11-27-20-19(17)22(32)30-24(26)29-20)14-4-6-15(7-5-14)21(31)28-18(23(33)34)10-13-2-8-16(25)9-3-13/h2-9,11-12,18H,10H2,1H3,(H,28,31)(H,33,34)(H4,26,27,29,30,32)/t12?,18-/m0/s1. The smallest absolute Gasteiger partial charge is 0.326 e. The molecule has 0 fully saturated rings. The second-order valence-electron chi connectivity index (χ2n) is 7.96. The molecule has 2 atom stereocenters. The molecule has 1 amide bonds. The number of halogens is 1. The number of fused-ring (bicyclic) bond motifs is 1. The second kappa shape index (κ2) is 9.40. The van der Waals surface area contributed by atoms with Crippen LogP contribution in [0.15, 0.2) is 59.5 Å². The molecule has 10 heteroatoms. The van der Waals surface area contributed by atoms with Crippen molar-refractivity contribution in [1.29, 1.82) is 0 Å². The van der Waals surface area contributed by atoms with Gasteiger partial charge in [-0.2, -0.15) is 4.98 Å². The molecule has 0 saturated carbocycles. The fourth-order valence-corrected chi connectivity index (χ4v) is 3.95. The number of amides is 1. The summed E-state index contributed by atoms with van der Waals surface area (Å²) in [6, 6.07) is 12.5. The molecule has 0 radical (unpaired) electrons. The van der Waals surface area contributed by atoms with Crippen LogP contribution in [0.5, 0.6) is 0 Å². The molecule has 34 heavy (non-hydrogen) atoms. The quantitative estimate of drug-likeness (QED) is 0.274. The highest BCUT2D eigenvalue weighted by atomic mass is 35.5. The lowest BCUT2D eigenvalue weighted by molar-refractivity contribution is -0.139.